The molecule has 3 heteroatoms. The second-order valence-electron chi connectivity index (χ2n) is 3.67. The molecule has 0 aliphatic rings. The number of carbonyl (C=O) groups excluding carboxylic acids is 1. The second kappa shape index (κ2) is 4.94. The number of carbonyl (C=O) groups is 1. The van der Waals surface area contributed by atoms with Crippen LogP contribution in [0.1, 0.15) is 10.4 Å². The monoisotopic (exact) mass is 231 g/mol. The zero-order chi connectivity index (χ0) is 11.4. The number of hydrogen-bond donors (Lipinski definition) is 1. The maximum absolute atomic E-state index is 11.7. The van der Waals surface area contributed by atoms with Crippen LogP contribution in [0.15, 0.2) is 41.8 Å². The zero-order valence-electron chi connectivity index (χ0n) is 9.07. The van der Waals surface area contributed by atoms with Crippen LogP contribution in [0.5, 0.6) is 0 Å². The Morgan fingerprint density at radius 3 is 2.62 bits per heavy atom. The molecule has 1 aromatic heterocycles. The second-order valence-corrected chi connectivity index (χ2v) is 4.70. The topological polar surface area (TPSA) is 29.1 Å². The van der Waals surface area contributed by atoms with Crippen LogP contribution in [-0.2, 0) is 11.2 Å². The lowest BCUT2D eigenvalue weighted by Gasteiger charge is -2.04. The molecule has 1 heterocycles. The average molecular weight is 231 g/mol. The molecule has 16 heavy (non-hydrogen) atoms. The minimum atomic E-state index is 0.0336. The first-order valence-electron chi connectivity index (χ1n) is 5.13. The van der Waals surface area contributed by atoms with Gasteiger partial charge in [0.05, 0.1) is 6.42 Å². The normalized spacial score (nSPS) is 10.1. The Labute approximate surface area is 98.9 Å². The van der Waals surface area contributed by atoms with E-state index in [2.05, 4.69) is 5.32 Å². The third kappa shape index (κ3) is 2.94. The lowest BCUT2D eigenvalue weighted by atomic mass is 10.2. The van der Waals surface area contributed by atoms with E-state index in [-0.39, 0.29) is 5.91 Å². The fraction of sp³-hybridized carbons (Fsp3) is 0.154. The van der Waals surface area contributed by atoms with E-state index in [1.807, 2.05) is 48.7 Å². The van der Waals surface area contributed by atoms with Gasteiger partial charge in [-0.2, -0.15) is 0 Å². The lowest BCUT2D eigenvalue weighted by Crippen LogP contribution is -2.13. The molecular formula is C13H13NOS. The maximum atomic E-state index is 11.7. The van der Waals surface area contributed by atoms with E-state index in [1.54, 1.807) is 11.3 Å². The molecule has 0 saturated carbocycles. The summed E-state index contributed by atoms with van der Waals surface area (Å²) in [6.07, 6.45) is 0.450. The molecule has 0 aliphatic heterocycles. The van der Waals surface area contributed by atoms with Gasteiger partial charge in [0, 0.05) is 10.6 Å². The van der Waals surface area contributed by atoms with Gasteiger partial charge in [0.2, 0.25) is 5.91 Å². The number of amides is 1. The summed E-state index contributed by atoms with van der Waals surface area (Å²) in [6, 6.07) is 11.7. The fourth-order valence-electron chi connectivity index (χ4n) is 1.41. The van der Waals surface area contributed by atoms with Crippen LogP contribution in [-0.4, -0.2) is 5.91 Å². The largest absolute Gasteiger partial charge is 0.326 e. The van der Waals surface area contributed by atoms with Crippen molar-refractivity contribution in [3.63, 3.8) is 0 Å². The summed E-state index contributed by atoms with van der Waals surface area (Å²) in [4.78, 5) is 12.7. The van der Waals surface area contributed by atoms with Crippen molar-refractivity contribution >= 4 is 22.9 Å². The summed E-state index contributed by atoms with van der Waals surface area (Å²) in [6.45, 7) is 2.03. The summed E-state index contributed by atoms with van der Waals surface area (Å²) in [5.41, 5.74) is 2.04. The standard InChI is InChI=1S/C13H13NOS/c1-10-4-6-11(7-5-10)14-13(15)9-12-3-2-8-16-12/h2-8H,9H2,1H3,(H,14,15). The summed E-state index contributed by atoms with van der Waals surface area (Å²) in [5, 5.41) is 4.86. The first-order chi connectivity index (χ1) is 7.74. The molecule has 0 saturated heterocycles. The van der Waals surface area contributed by atoms with Gasteiger partial charge >= 0.3 is 0 Å². The predicted molar refractivity (Wildman–Crippen MR) is 67.8 cm³/mol. The SMILES string of the molecule is Cc1ccc(NC(=O)Cc2cccs2)cc1. The number of anilines is 1. The van der Waals surface area contributed by atoms with Gasteiger partial charge in [-0.25, -0.2) is 0 Å². The first-order valence-corrected chi connectivity index (χ1v) is 6.01. The number of hydrogen-bond acceptors (Lipinski definition) is 2. The Morgan fingerprint density at radius 1 is 1.25 bits per heavy atom. The Balaban J connectivity index is 1.95. The van der Waals surface area contributed by atoms with Crippen molar-refractivity contribution in [2.24, 2.45) is 0 Å². The van der Waals surface area contributed by atoms with E-state index < -0.39 is 0 Å². The molecular weight excluding hydrogens is 218 g/mol. The molecule has 2 aromatic rings. The summed E-state index contributed by atoms with van der Waals surface area (Å²) >= 11 is 1.60. The molecule has 0 aliphatic carbocycles. The third-order valence-corrected chi connectivity index (χ3v) is 3.13. The third-order valence-electron chi connectivity index (χ3n) is 2.25. The van der Waals surface area contributed by atoms with E-state index in [0.29, 0.717) is 6.42 Å². The van der Waals surface area contributed by atoms with Crippen molar-refractivity contribution in [1.82, 2.24) is 0 Å². The van der Waals surface area contributed by atoms with Gasteiger partial charge in [0.25, 0.3) is 0 Å². The number of thiophene rings is 1. The van der Waals surface area contributed by atoms with Crippen molar-refractivity contribution in [3.8, 4) is 0 Å². The number of nitrogens with one attached hydrogen (secondary N) is 1. The molecule has 1 N–H and O–H groups in total. The highest BCUT2D eigenvalue weighted by Gasteiger charge is 2.04. The molecule has 0 bridgehead atoms. The van der Waals surface area contributed by atoms with Crippen LogP contribution in [0.4, 0.5) is 5.69 Å². The molecule has 0 atom stereocenters. The molecule has 2 nitrogen and oxygen atoms in total. The number of benzene rings is 1. The minimum Gasteiger partial charge on any atom is -0.326 e. The molecule has 0 fully saturated rings. The highest BCUT2D eigenvalue weighted by atomic mass is 32.1. The van der Waals surface area contributed by atoms with E-state index in [4.69, 9.17) is 0 Å². The maximum Gasteiger partial charge on any atom is 0.229 e. The highest BCUT2D eigenvalue weighted by molar-refractivity contribution is 7.10. The molecule has 1 aromatic carbocycles. The minimum absolute atomic E-state index is 0.0336. The predicted octanol–water partition coefficient (Wildman–Crippen LogP) is 3.24. The Kier molecular flexibility index (Phi) is 3.37. The van der Waals surface area contributed by atoms with E-state index in [9.17, 15) is 4.79 Å². The van der Waals surface area contributed by atoms with Crippen molar-refractivity contribution in [3.05, 3.63) is 52.2 Å². The van der Waals surface area contributed by atoms with E-state index >= 15 is 0 Å². The van der Waals surface area contributed by atoms with Gasteiger partial charge < -0.3 is 5.32 Å². The molecule has 0 radical (unpaired) electrons. The van der Waals surface area contributed by atoms with Crippen LogP contribution in [0.25, 0.3) is 0 Å². The van der Waals surface area contributed by atoms with Crippen molar-refractivity contribution in [1.29, 1.82) is 0 Å². The van der Waals surface area contributed by atoms with Gasteiger partial charge in [0.1, 0.15) is 0 Å². The Hall–Kier alpha value is -1.61. The molecule has 2 rings (SSSR count). The molecule has 82 valence electrons. The first kappa shape index (κ1) is 10.9. The quantitative estimate of drug-likeness (QED) is 0.863. The Bertz CT molecular complexity index is 459. The summed E-state index contributed by atoms with van der Waals surface area (Å²) in [7, 11) is 0. The van der Waals surface area contributed by atoms with Crippen LogP contribution >= 0.6 is 11.3 Å². The van der Waals surface area contributed by atoms with E-state index in [1.165, 1.54) is 5.56 Å². The van der Waals surface area contributed by atoms with Crippen molar-refractivity contribution in [2.75, 3.05) is 5.32 Å². The van der Waals surface area contributed by atoms with Gasteiger partial charge in [-0.05, 0) is 30.5 Å². The van der Waals surface area contributed by atoms with Crippen LogP contribution < -0.4 is 5.32 Å². The van der Waals surface area contributed by atoms with Gasteiger partial charge in [0.15, 0.2) is 0 Å². The van der Waals surface area contributed by atoms with Gasteiger partial charge in [-0.3, -0.25) is 4.79 Å². The number of rotatable bonds is 3. The number of aryl methyl sites for hydroxylation is 1. The van der Waals surface area contributed by atoms with Crippen molar-refractivity contribution < 1.29 is 4.79 Å². The summed E-state index contributed by atoms with van der Waals surface area (Å²) < 4.78 is 0. The molecule has 1 amide bonds. The molecule has 0 spiro atoms. The van der Waals surface area contributed by atoms with Crippen LogP contribution in [0, 0.1) is 6.92 Å². The summed E-state index contributed by atoms with van der Waals surface area (Å²) in [5.74, 6) is 0.0336. The van der Waals surface area contributed by atoms with Crippen molar-refractivity contribution in [2.45, 2.75) is 13.3 Å². The fourth-order valence-corrected chi connectivity index (χ4v) is 2.12. The average Bonchev–Trinajstić information content (AvgIpc) is 2.74. The Morgan fingerprint density at radius 2 is 2.00 bits per heavy atom. The zero-order valence-corrected chi connectivity index (χ0v) is 9.88. The lowest BCUT2D eigenvalue weighted by molar-refractivity contribution is -0.115. The smallest absolute Gasteiger partial charge is 0.229 e. The highest BCUT2D eigenvalue weighted by Crippen LogP contribution is 2.12. The van der Waals surface area contributed by atoms with Crippen LogP contribution in [0.3, 0.4) is 0 Å². The molecule has 0 unspecified atom stereocenters. The van der Waals surface area contributed by atoms with Gasteiger partial charge in [-0.1, -0.05) is 23.8 Å². The van der Waals surface area contributed by atoms with Crippen LogP contribution in [0.2, 0.25) is 0 Å². The van der Waals surface area contributed by atoms with E-state index in [0.717, 1.165) is 10.6 Å². The van der Waals surface area contributed by atoms with Gasteiger partial charge in [-0.15, -0.1) is 11.3 Å².